The molecular formula is C32H31N7O3. The number of hydrogen-bond donors (Lipinski definition) is 2. The molecule has 2 aromatic carbocycles. The molecule has 0 spiro atoms. The number of pyridine rings is 1. The summed E-state index contributed by atoms with van der Waals surface area (Å²) in [4.78, 5) is 25.2. The van der Waals surface area contributed by atoms with Crippen LogP contribution in [0.5, 0.6) is 0 Å². The van der Waals surface area contributed by atoms with E-state index in [4.69, 9.17) is 19.1 Å². The lowest BCUT2D eigenvalue weighted by Gasteiger charge is -2.30. The molecule has 4 heterocycles. The number of morpholine rings is 1. The van der Waals surface area contributed by atoms with Crippen LogP contribution in [-0.4, -0.2) is 59.3 Å². The molecule has 42 heavy (non-hydrogen) atoms. The summed E-state index contributed by atoms with van der Waals surface area (Å²) in [6.07, 6.45) is 7.78. The van der Waals surface area contributed by atoms with Crippen molar-refractivity contribution in [3.05, 3.63) is 89.6 Å². The Morgan fingerprint density at radius 1 is 0.952 bits per heavy atom. The molecule has 10 heteroatoms. The van der Waals surface area contributed by atoms with Gasteiger partial charge >= 0.3 is 6.01 Å². The van der Waals surface area contributed by atoms with Crippen LogP contribution >= 0.6 is 0 Å². The molecule has 7 rings (SSSR count). The minimum absolute atomic E-state index is 0.0843. The van der Waals surface area contributed by atoms with Gasteiger partial charge in [-0.2, -0.15) is 0 Å². The van der Waals surface area contributed by atoms with Crippen LogP contribution in [0.4, 0.5) is 17.4 Å². The molecule has 2 aromatic heterocycles. The monoisotopic (exact) mass is 561 g/mol. The van der Waals surface area contributed by atoms with Crippen LogP contribution in [0.2, 0.25) is 0 Å². The molecule has 0 unspecified atom stereocenters. The van der Waals surface area contributed by atoms with Gasteiger partial charge in [0, 0.05) is 30.4 Å². The fourth-order valence-corrected chi connectivity index (χ4v) is 5.61. The molecular weight excluding hydrogens is 530 g/mol. The number of hydrogen-bond acceptors (Lipinski definition) is 9. The third-order valence-electron chi connectivity index (χ3n) is 7.76. The number of nitrogens with one attached hydrogen (secondary N) is 2. The Morgan fingerprint density at radius 3 is 2.62 bits per heavy atom. The van der Waals surface area contributed by atoms with Crippen LogP contribution in [0.3, 0.4) is 0 Å². The summed E-state index contributed by atoms with van der Waals surface area (Å²) in [5.74, 6) is -0.0573. The maximum Gasteiger partial charge on any atom is 0.317 e. The van der Waals surface area contributed by atoms with Gasteiger partial charge in [0.2, 0.25) is 6.17 Å². The van der Waals surface area contributed by atoms with Crippen molar-refractivity contribution in [1.82, 2.24) is 15.2 Å². The van der Waals surface area contributed by atoms with Gasteiger partial charge in [0.05, 0.1) is 30.3 Å². The second kappa shape index (κ2) is 11.6. The van der Waals surface area contributed by atoms with Crippen molar-refractivity contribution in [2.75, 3.05) is 41.8 Å². The maximum absolute atomic E-state index is 13.3. The van der Waals surface area contributed by atoms with Gasteiger partial charge in [-0.1, -0.05) is 59.7 Å². The van der Waals surface area contributed by atoms with Gasteiger partial charge in [0.1, 0.15) is 0 Å². The zero-order valence-corrected chi connectivity index (χ0v) is 23.1. The van der Waals surface area contributed by atoms with Crippen molar-refractivity contribution >= 4 is 34.6 Å². The SMILES string of the molecule is O=C1Nc2ccccc2C(c2ccccc2)=N[C@@H]1Nc1nnc(-c2ncc(C3=CCCCC3)cc2N2CCOCC2)o1. The first-order chi connectivity index (χ1) is 20.7. The number of rotatable bonds is 6. The topological polar surface area (TPSA) is 118 Å². The summed E-state index contributed by atoms with van der Waals surface area (Å²) >= 11 is 0. The van der Waals surface area contributed by atoms with Crippen molar-refractivity contribution in [3.63, 3.8) is 0 Å². The molecule has 10 nitrogen and oxygen atoms in total. The van der Waals surface area contributed by atoms with Crippen LogP contribution in [-0.2, 0) is 9.53 Å². The number of benzodiazepines with no additional fused rings is 1. The smallest absolute Gasteiger partial charge is 0.317 e. The summed E-state index contributed by atoms with van der Waals surface area (Å²) < 4.78 is 11.7. The number of fused-ring (bicyclic) bond motifs is 1. The van der Waals surface area contributed by atoms with Crippen LogP contribution in [0.1, 0.15) is 42.4 Å². The Morgan fingerprint density at radius 2 is 1.79 bits per heavy atom. The number of ether oxygens (including phenoxy) is 1. The predicted molar refractivity (Wildman–Crippen MR) is 162 cm³/mol. The number of carbonyl (C=O) groups is 1. The van der Waals surface area contributed by atoms with Gasteiger partial charge in [-0.3, -0.25) is 4.79 Å². The first kappa shape index (κ1) is 26.1. The van der Waals surface area contributed by atoms with Gasteiger partial charge in [-0.15, -0.1) is 5.10 Å². The molecule has 0 radical (unpaired) electrons. The number of anilines is 3. The molecule has 2 N–H and O–H groups in total. The fourth-order valence-electron chi connectivity index (χ4n) is 5.61. The highest BCUT2D eigenvalue weighted by atomic mass is 16.5. The normalized spacial score (nSPS) is 18.8. The van der Waals surface area contributed by atoms with E-state index in [-0.39, 0.29) is 17.8 Å². The number of allylic oxidation sites excluding steroid dienone is 2. The Hall–Kier alpha value is -4.83. The molecule has 0 bridgehead atoms. The quantitative estimate of drug-likeness (QED) is 0.332. The second-order valence-electron chi connectivity index (χ2n) is 10.5. The average molecular weight is 562 g/mol. The molecule has 1 aliphatic carbocycles. The number of nitrogens with zero attached hydrogens (tertiary/aromatic N) is 5. The summed E-state index contributed by atoms with van der Waals surface area (Å²) in [5.41, 5.74) is 7.09. The number of carbonyl (C=O) groups excluding carboxylic acids is 1. The van der Waals surface area contributed by atoms with Gasteiger partial charge in [-0.05, 0) is 49.0 Å². The first-order valence-corrected chi connectivity index (χ1v) is 14.4. The molecule has 3 aliphatic rings. The van der Waals surface area contributed by atoms with Crippen LogP contribution in [0.25, 0.3) is 17.2 Å². The third-order valence-corrected chi connectivity index (χ3v) is 7.76. The summed E-state index contributed by atoms with van der Waals surface area (Å²) in [6.45, 7) is 2.78. The van der Waals surface area contributed by atoms with Gasteiger partial charge in [0.25, 0.3) is 11.8 Å². The van der Waals surface area contributed by atoms with E-state index in [0.717, 1.165) is 48.3 Å². The lowest BCUT2D eigenvalue weighted by molar-refractivity contribution is -0.116. The van der Waals surface area contributed by atoms with E-state index in [1.807, 2.05) is 60.8 Å². The Labute approximate surface area is 243 Å². The maximum atomic E-state index is 13.3. The lowest BCUT2D eigenvalue weighted by atomic mass is 9.94. The molecule has 2 aliphatic heterocycles. The largest absolute Gasteiger partial charge is 0.402 e. The third kappa shape index (κ3) is 5.28. The second-order valence-corrected chi connectivity index (χ2v) is 10.5. The van der Waals surface area contributed by atoms with E-state index in [9.17, 15) is 4.79 Å². The molecule has 1 atom stereocenters. The van der Waals surface area contributed by atoms with Gasteiger partial charge in [-0.25, -0.2) is 9.98 Å². The van der Waals surface area contributed by atoms with Gasteiger partial charge < -0.3 is 24.7 Å². The van der Waals surface area contributed by atoms with E-state index in [1.165, 1.54) is 18.4 Å². The van der Waals surface area contributed by atoms with Crippen molar-refractivity contribution in [2.24, 2.45) is 4.99 Å². The molecule has 1 fully saturated rings. The summed E-state index contributed by atoms with van der Waals surface area (Å²) in [5, 5.41) is 14.6. The van der Waals surface area contributed by atoms with Gasteiger partial charge in [0.15, 0.2) is 5.69 Å². The highest BCUT2D eigenvalue weighted by molar-refractivity contribution is 6.19. The average Bonchev–Trinajstić information content (AvgIpc) is 3.47. The molecule has 4 aromatic rings. The zero-order chi connectivity index (χ0) is 28.3. The van der Waals surface area contributed by atoms with E-state index < -0.39 is 6.17 Å². The Kier molecular flexibility index (Phi) is 7.19. The highest BCUT2D eigenvalue weighted by Crippen LogP contribution is 2.35. The standard InChI is InChI=1S/C32H31N7O3/c40-30-29(35-27(22-11-5-2-6-12-22)24-13-7-8-14-25(24)34-30)36-32-38-37-31(42-32)28-26(39-15-17-41-18-16-39)19-23(20-33-28)21-9-3-1-4-10-21/h2,5-9,11-14,19-20,29H,1,3-4,10,15-18H2,(H,34,40)(H,36,38)/t29-/m1/s1. The van der Waals surface area contributed by atoms with Crippen LogP contribution in [0.15, 0.2) is 82.3 Å². The fraction of sp³-hybridized carbons (Fsp3) is 0.281. The van der Waals surface area contributed by atoms with Crippen molar-refractivity contribution in [2.45, 2.75) is 31.8 Å². The zero-order valence-electron chi connectivity index (χ0n) is 23.1. The number of para-hydroxylation sites is 1. The summed E-state index contributed by atoms with van der Waals surface area (Å²) in [6, 6.07) is 19.7. The lowest BCUT2D eigenvalue weighted by Crippen LogP contribution is -2.36. The van der Waals surface area contributed by atoms with E-state index in [0.29, 0.717) is 30.3 Å². The summed E-state index contributed by atoms with van der Waals surface area (Å²) in [7, 11) is 0. The Bertz CT molecular complexity index is 1660. The van der Waals surface area contributed by atoms with Crippen molar-refractivity contribution < 1.29 is 13.9 Å². The number of benzene rings is 2. The number of amides is 1. The highest BCUT2D eigenvalue weighted by Gasteiger charge is 2.28. The predicted octanol–water partition coefficient (Wildman–Crippen LogP) is 5.15. The minimum Gasteiger partial charge on any atom is -0.402 e. The molecule has 212 valence electrons. The van der Waals surface area contributed by atoms with Crippen LogP contribution in [0, 0.1) is 0 Å². The number of aliphatic imine (C=N–C) groups is 1. The molecule has 0 saturated carbocycles. The van der Waals surface area contributed by atoms with Crippen molar-refractivity contribution in [3.8, 4) is 11.6 Å². The minimum atomic E-state index is -0.992. The first-order valence-electron chi connectivity index (χ1n) is 14.4. The van der Waals surface area contributed by atoms with E-state index in [1.54, 1.807) is 0 Å². The number of aromatic nitrogens is 3. The van der Waals surface area contributed by atoms with E-state index in [2.05, 4.69) is 37.9 Å². The molecule has 1 amide bonds. The molecule has 1 saturated heterocycles. The van der Waals surface area contributed by atoms with Crippen LogP contribution < -0.4 is 15.5 Å². The van der Waals surface area contributed by atoms with E-state index >= 15 is 0 Å². The Balaban J connectivity index is 1.21. The van der Waals surface area contributed by atoms with Crippen molar-refractivity contribution in [1.29, 1.82) is 0 Å².